The molecule has 0 bridgehead atoms. The molecule has 0 spiro atoms. The number of ether oxygens (including phenoxy) is 2. The van der Waals surface area contributed by atoms with Crippen LogP contribution in [0.3, 0.4) is 0 Å². The highest BCUT2D eigenvalue weighted by Gasteiger charge is 2.15. The van der Waals surface area contributed by atoms with Crippen LogP contribution >= 0.6 is 0 Å². The van der Waals surface area contributed by atoms with Crippen LogP contribution in [-0.2, 0) is 0 Å². The van der Waals surface area contributed by atoms with Gasteiger partial charge in [0, 0.05) is 5.56 Å². The van der Waals surface area contributed by atoms with E-state index < -0.39 is 0 Å². The fraction of sp³-hybridized carbons (Fsp3) is 0.235. The van der Waals surface area contributed by atoms with E-state index in [2.05, 4.69) is 0 Å². The zero-order valence-electron chi connectivity index (χ0n) is 11.9. The summed E-state index contributed by atoms with van der Waals surface area (Å²) in [6, 6.07) is 14.4. The normalized spacial score (nSPS) is 10.4. The average molecular weight is 270 g/mol. The van der Waals surface area contributed by atoms with E-state index in [0.29, 0.717) is 16.9 Å². The fourth-order valence-corrected chi connectivity index (χ4v) is 1.91. The first-order chi connectivity index (χ1) is 9.61. The summed E-state index contributed by atoms with van der Waals surface area (Å²) in [5.74, 6) is 1.29. The van der Waals surface area contributed by atoms with Crippen molar-refractivity contribution in [2.75, 3.05) is 7.11 Å². The maximum Gasteiger partial charge on any atom is 0.196 e. The Labute approximate surface area is 119 Å². The third-order valence-corrected chi connectivity index (χ3v) is 2.85. The van der Waals surface area contributed by atoms with Crippen LogP contribution < -0.4 is 9.47 Å². The van der Waals surface area contributed by atoms with Crippen LogP contribution in [-0.4, -0.2) is 19.0 Å². The lowest BCUT2D eigenvalue weighted by Gasteiger charge is -2.13. The third-order valence-electron chi connectivity index (χ3n) is 2.85. The Balaban J connectivity index is 2.32. The molecule has 104 valence electrons. The molecular weight excluding hydrogens is 252 g/mol. The summed E-state index contributed by atoms with van der Waals surface area (Å²) in [4.78, 5) is 12.5. The zero-order valence-corrected chi connectivity index (χ0v) is 11.9. The first-order valence-corrected chi connectivity index (χ1v) is 6.56. The number of rotatable bonds is 5. The molecule has 3 heteroatoms. The van der Waals surface area contributed by atoms with Crippen LogP contribution in [0.15, 0.2) is 48.5 Å². The molecule has 0 N–H and O–H groups in total. The monoisotopic (exact) mass is 270 g/mol. The molecule has 0 unspecified atom stereocenters. The van der Waals surface area contributed by atoms with Crippen LogP contribution in [0.2, 0.25) is 0 Å². The van der Waals surface area contributed by atoms with E-state index in [-0.39, 0.29) is 11.9 Å². The van der Waals surface area contributed by atoms with Crippen LogP contribution in [0, 0.1) is 0 Å². The van der Waals surface area contributed by atoms with Crippen molar-refractivity contribution < 1.29 is 14.3 Å². The Bertz CT molecular complexity index is 585. The summed E-state index contributed by atoms with van der Waals surface area (Å²) in [6.45, 7) is 3.88. The molecule has 0 amide bonds. The van der Waals surface area contributed by atoms with Crippen molar-refractivity contribution >= 4 is 5.78 Å². The number of ketones is 1. The summed E-state index contributed by atoms with van der Waals surface area (Å²) in [5.41, 5.74) is 1.19. The van der Waals surface area contributed by atoms with Gasteiger partial charge in [-0.1, -0.05) is 12.1 Å². The average Bonchev–Trinajstić information content (AvgIpc) is 2.46. The molecule has 2 rings (SSSR count). The van der Waals surface area contributed by atoms with E-state index in [4.69, 9.17) is 9.47 Å². The van der Waals surface area contributed by atoms with Gasteiger partial charge in [-0.2, -0.15) is 0 Å². The van der Waals surface area contributed by atoms with Crippen molar-refractivity contribution in [3.63, 3.8) is 0 Å². The SMILES string of the molecule is COc1ccc(C(=O)c2ccccc2OC(C)C)cc1. The molecule has 0 aliphatic heterocycles. The van der Waals surface area contributed by atoms with E-state index in [1.807, 2.05) is 32.0 Å². The lowest BCUT2D eigenvalue weighted by Crippen LogP contribution is -2.10. The number of carbonyl (C=O) groups excluding carboxylic acids is 1. The van der Waals surface area contributed by atoms with Crippen molar-refractivity contribution in [3.8, 4) is 11.5 Å². The van der Waals surface area contributed by atoms with Crippen LogP contribution in [0.5, 0.6) is 11.5 Å². The highest BCUT2D eigenvalue weighted by atomic mass is 16.5. The molecule has 0 aliphatic rings. The highest BCUT2D eigenvalue weighted by Crippen LogP contribution is 2.23. The van der Waals surface area contributed by atoms with Gasteiger partial charge in [0.05, 0.1) is 18.8 Å². The maximum absolute atomic E-state index is 12.5. The number of carbonyl (C=O) groups is 1. The Morgan fingerprint density at radius 1 is 1.00 bits per heavy atom. The molecule has 0 radical (unpaired) electrons. The summed E-state index contributed by atoms with van der Waals surface area (Å²) in [7, 11) is 1.60. The second kappa shape index (κ2) is 6.24. The quantitative estimate of drug-likeness (QED) is 0.777. The van der Waals surface area contributed by atoms with E-state index in [1.165, 1.54) is 0 Å². The molecule has 3 nitrogen and oxygen atoms in total. The van der Waals surface area contributed by atoms with Gasteiger partial charge >= 0.3 is 0 Å². The number of benzene rings is 2. The highest BCUT2D eigenvalue weighted by molar-refractivity contribution is 6.10. The summed E-state index contributed by atoms with van der Waals surface area (Å²) in [6.07, 6.45) is 0.0276. The standard InChI is InChI=1S/C17H18O3/c1-12(2)20-16-7-5-4-6-15(16)17(18)13-8-10-14(19-3)11-9-13/h4-12H,1-3H3. The number of hydrogen-bond donors (Lipinski definition) is 0. The van der Waals surface area contributed by atoms with Crippen molar-refractivity contribution in [2.45, 2.75) is 20.0 Å². The predicted octanol–water partition coefficient (Wildman–Crippen LogP) is 3.71. The second-order valence-electron chi connectivity index (χ2n) is 4.72. The van der Waals surface area contributed by atoms with E-state index >= 15 is 0 Å². The molecule has 0 atom stereocenters. The van der Waals surface area contributed by atoms with Gasteiger partial charge in [0.25, 0.3) is 0 Å². The van der Waals surface area contributed by atoms with E-state index in [1.54, 1.807) is 37.4 Å². The predicted molar refractivity (Wildman–Crippen MR) is 78.6 cm³/mol. The molecule has 0 saturated heterocycles. The topological polar surface area (TPSA) is 35.5 Å². The molecule has 20 heavy (non-hydrogen) atoms. The number of hydrogen-bond acceptors (Lipinski definition) is 3. The summed E-state index contributed by atoms with van der Waals surface area (Å²) < 4.78 is 10.8. The lowest BCUT2D eigenvalue weighted by atomic mass is 10.0. The minimum absolute atomic E-state index is 0.0276. The summed E-state index contributed by atoms with van der Waals surface area (Å²) in [5, 5.41) is 0. The minimum atomic E-state index is -0.0519. The Hall–Kier alpha value is -2.29. The zero-order chi connectivity index (χ0) is 14.5. The minimum Gasteiger partial charge on any atom is -0.497 e. The third kappa shape index (κ3) is 3.18. The van der Waals surface area contributed by atoms with Gasteiger partial charge in [0.1, 0.15) is 11.5 Å². The fourth-order valence-electron chi connectivity index (χ4n) is 1.91. The van der Waals surface area contributed by atoms with Crippen LogP contribution in [0.1, 0.15) is 29.8 Å². The van der Waals surface area contributed by atoms with Gasteiger partial charge in [0.15, 0.2) is 5.78 Å². The van der Waals surface area contributed by atoms with Gasteiger partial charge in [0.2, 0.25) is 0 Å². The Kier molecular flexibility index (Phi) is 4.41. The van der Waals surface area contributed by atoms with Crippen molar-refractivity contribution in [3.05, 3.63) is 59.7 Å². The molecule has 0 fully saturated rings. The first kappa shape index (κ1) is 14.1. The van der Waals surface area contributed by atoms with Gasteiger partial charge in [-0.15, -0.1) is 0 Å². The van der Waals surface area contributed by atoms with Gasteiger partial charge < -0.3 is 9.47 Å². The second-order valence-corrected chi connectivity index (χ2v) is 4.72. The van der Waals surface area contributed by atoms with Crippen molar-refractivity contribution in [1.82, 2.24) is 0 Å². The number of methoxy groups -OCH3 is 1. The smallest absolute Gasteiger partial charge is 0.196 e. The molecule has 2 aromatic carbocycles. The molecule has 0 aliphatic carbocycles. The van der Waals surface area contributed by atoms with Crippen LogP contribution in [0.25, 0.3) is 0 Å². The van der Waals surface area contributed by atoms with E-state index in [0.717, 1.165) is 5.75 Å². The molecular formula is C17H18O3. The molecule has 0 aromatic heterocycles. The van der Waals surface area contributed by atoms with E-state index in [9.17, 15) is 4.79 Å². The summed E-state index contributed by atoms with van der Waals surface area (Å²) >= 11 is 0. The Morgan fingerprint density at radius 3 is 2.25 bits per heavy atom. The van der Waals surface area contributed by atoms with Gasteiger partial charge in [-0.3, -0.25) is 4.79 Å². The van der Waals surface area contributed by atoms with Crippen molar-refractivity contribution in [1.29, 1.82) is 0 Å². The Morgan fingerprint density at radius 2 is 1.65 bits per heavy atom. The maximum atomic E-state index is 12.5. The van der Waals surface area contributed by atoms with Crippen molar-refractivity contribution in [2.24, 2.45) is 0 Å². The first-order valence-electron chi connectivity index (χ1n) is 6.56. The number of para-hydroxylation sites is 1. The van der Waals surface area contributed by atoms with Gasteiger partial charge in [-0.05, 0) is 50.2 Å². The molecule has 2 aromatic rings. The van der Waals surface area contributed by atoms with Gasteiger partial charge in [-0.25, -0.2) is 0 Å². The lowest BCUT2D eigenvalue weighted by molar-refractivity contribution is 0.103. The molecule has 0 saturated carbocycles. The van der Waals surface area contributed by atoms with Crippen LogP contribution in [0.4, 0.5) is 0 Å². The largest absolute Gasteiger partial charge is 0.497 e. The molecule has 0 heterocycles.